The standard InChI is InChI=1S/C15H14N2O3S/c16-11-6-7-14-13(10-11)17-15(20-14)21(18)9-8-19-12-4-2-1-3-5-12/h1-7,10H,8-9,16H2. The van der Waals surface area contributed by atoms with Crippen LogP contribution < -0.4 is 10.5 Å². The van der Waals surface area contributed by atoms with E-state index < -0.39 is 10.8 Å². The summed E-state index contributed by atoms with van der Waals surface area (Å²) in [5.74, 6) is 1.07. The van der Waals surface area contributed by atoms with Crippen LogP contribution in [0.2, 0.25) is 0 Å². The summed E-state index contributed by atoms with van der Waals surface area (Å²) < 4.78 is 23.1. The third kappa shape index (κ3) is 3.22. The summed E-state index contributed by atoms with van der Waals surface area (Å²) in [6.45, 7) is 0.331. The molecule has 6 heteroatoms. The molecule has 0 aliphatic heterocycles. The van der Waals surface area contributed by atoms with Gasteiger partial charge in [0.15, 0.2) is 5.58 Å². The highest BCUT2D eigenvalue weighted by molar-refractivity contribution is 7.84. The Kier molecular flexibility index (Phi) is 3.87. The number of nitrogen functional groups attached to an aromatic ring is 1. The SMILES string of the molecule is Nc1ccc2oc(S(=O)CCOc3ccccc3)nc2c1. The van der Waals surface area contributed by atoms with Gasteiger partial charge in [0.05, 0.1) is 5.75 Å². The lowest BCUT2D eigenvalue weighted by atomic mass is 10.3. The van der Waals surface area contributed by atoms with Crippen LogP contribution in [-0.2, 0) is 10.8 Å². The van der Waals surface area contributed by atoms with E-state index in [1.165, 1.54) is 0 Å². The van der Waals surface area contributed by atoms with Crippen LogP contribution >= 0.6 is 0 Å². The summed E-state index contributed by atoms with van der Waals surface area (Å²) in [7, 11) is -1.34. The number of anilines is 1. The summed E-state index contributed by atoms with van der Waals surface area (Å²) in [5, 5.41) is 0.201. The van der Waals surface area contributed by atoms with E-state index in [1.54, 1.807) is 18.2 Å². The smallest absolute Gasteiger partial charge is 0.288 e. The second-order valence-electron chi connectivity index (χ2n) is 4.42. The van der Waals surface area contributed by atoms with E-state index in [0.717, 1.165) is 5.75 Å². The number of aromatic nitrogens is 1. The molecule has 0 bridgehead atoms. The van der Waals surface area contributed by atoms with E-state index >= 15 is 0 Å². The number of nitrogens with zero attached hydrogens (tertiary/aromatic N) is 1. The van der Waals surface area contributed by atoms with Crippen LogP contribution in [-0.4, -0.2) is 21.6 Å². The normalized spacial score (nSPS) is 12.4. The van der Waals surface area contributed by atoms with Crippen molar-refractivity contribution < 1.29 is 13.4 Å². The fraction of sp³-hybridized carbons (Fsp3) is 0.133. The molecule has 2 N–H and O–H groups in total. The number of fused-ring (bicyclic) bond motifs is 1. The van der Waals surface area contributed by atoms with Crippen LogP contribution in [0.5, 0.6) is 5.75 Å². The zero-order valence-corrected chi connectivity index (χ0v) is 12.0. The second-order valence-corrected chi connectivity index (χ2v) is 5.87. The summed E-state index contributed by atoms with van der Waals surface area (Å²) in [6.07, 6.45) is 0. The molecule has 3 aromatic rings. The number of oxazole rings is 1. The van der Waals surface area contributed by atoms with Crippen LogP contribution in [0.3, 0.4) is 0 Å². The largest absolute Gasteiger partial charge is 0.493 e. The van der Waals surface area contributed by atoms with Gasteiger partial charge in [0, 0.05) is 5.69 Å². The van der Waals surface area contributed by atoms with E-state index in [4.69, 9.17) is 14.9 Å². The maximum atomic E-state index is 12.1. The minimum atomic E-state index is -1.34. The van der Waals surface area contributed by atoms with Gasteiger partial charge >= 0.3 is 0 Å². The average Bonchev–Trinajstić information content (AvgIpc) is 2.91. The van der Waals surface area contributed by atoms with E-state index in [0.29, 0.717) is 29.1 Å². The van der Waals surface area contributed by atoms with Gasteiger partial charge in [-0.15, -0.1) is 0 Å². The Morgan fingerprint density at radius 2 is 2.00 bits per heavy atom. The van der Waals surface area contributed by atoms with Crippen molar-refractivity contribution in [2.75, 3.05) is 18.1 Å². The molecule has 1 unspecified atom stereocenters. The number of nitrogens with two attached hydrogens (primary N) is 1. The average molecular weight is 302 g/mol. The quantitative estimate of drug-likeness (QED) is 0.733. The number of para-hydroxylation sites is 1. The zero-order chi connectivity index (χ0) is 14.7. The van der Waals surface area contributed by atoms with Crippen molar-refractivity contribution in [3.8, 4) is 5.75 Å². The first-order valence-corrected chi connectivity index (χ1v) is 7.76. The topological polar surface area (TPSA) is 78.3 Å². The molecule has 1 heterocycles. The maximum Gasteiger partial charge on any atom is 0.288 e. The predicted octanol–water partition coefficient (Wildman–Crippen LogP) is 2.60. The van der Waals surface area contributed by atoms with Crippen molar-refractivity contribution >= 4 is 27.6 Å². The second kappa shape index (κ2) is 5.97. The van der Waals surface area contributed by atoms with Crippen molar-refractivity contribution in [3.63, 3.8) is 0 Å². The van der Waals surface area contributed by atoms with Gasteiger partial charge in [0.2, 0.25) is 0 Å². The van der Waals surface area contributed by atoms with Crippen molar-refractivity contribution in [2.45, 2.75) is 5.22 Å². The molecule has 0 saturated carbocycles. The van der Waals surface area contributed by atoms with Crippen molar-refractivity contribution in [1.82, 2.24) is 4.98 Å². The molecule has 3 rings (SSSR count). The predicted molar refractivity (Wildman–Crippen MR) is 81.6 cm³/mol. The highest BCUT2D eigenvalue weighted by Gasteiger charge is 2.13. The lowest BCUT2D eigenvalue weighted by Crippen LogP contribution is -2.08. The molecule has 0 aliphatic carbocycles. The molecule has 0 amide bonds. The molecule has 5 nitrogen and oxygen atoms in total. The van der Waals surface area contributed by atoms with Crippen molar-refractivity contribution in [3.05, 3.63) is 48.5 Å². The van der Waals surface area contributed by atoms with Gasteiger partial charge in [-0.05, 0) is 30.3 Å². The lowest BCUT2D eigenvalue weighted by Gasteiger charge is -2.03. The molecule has 21 heavy (non-hydrogen) atoms. The third-order valence-corrected chi connectivity index (χ3v) is 3.97. The molecule has 2 aromatic carbocycles. The van der Waals surface area contributed by atoms with Crippen LogP contribution in [0.4, 0.5) is 5.69 Å². The first kappa shape index (κ1) is 13.6. The van der Waals surface area contributed by atoms with Crippen LogP contribution in [0.25, 0.3) is 11.1 Å². The molecule has 0 spiro atoms. The number of hydrogen-bond donors (Lipinski definition) is 1. The molecular weight excluding hydrogens is 288 g/mol. The molecular formula is C15H14N2O3S. The summed E-state index contributed by atoms with van der Waals surface area (Å²) in [5.41, 5.74) is 7.47. The lowest BCUT2D eigenvalue weighted by molar-refractivity contribution is 0.341. The van der Waals surface area contributed by atoms with E-state index in [2.05, 4.69) is 4.98 Å². The number of benzene rings is 2. The molecule has 108 valence electrons. The Bertz CT molecular complexity index is 771. The number of hydrogen-bond acceptors (Lipinski definition) is 5. The zero-order valence-electron chi connectivity index (χ0n) is 11.2. The highest BCUT2D eigenvalue weighted by atomic mass is 32.2. The summed E-state index contributed by atoms with van der Waals surface area (Å²) in [4.78, 5) is 4.20. The Balaban J connectivity index is 1.64. The monoisotopic (exact) mass is 302 g/mol. The van der Waals surface area contributed by atoms with Gasteiger partial charge in [-0.2, -0.15) is 0 Å². The first-order valence-electron chi connectivity index (χ1n) is 6.45. The minimum Gasteiger partial charge on any atom is -0.493 e. The molecule has 0 saturated heterocycles. The molecule has 1 atom stereocenters. The Labute approximate surface area is 124 Å². The van der Waals surface area contributed by atoms with Crippen LogP contribution in [0.15, 0.2) is 58.2 Å². The third-order valence-electron chi connectivity index (χ3n) is 2.87. The molecule has 0 radical (unpaired) electrons. The number of rotatable bonds is 5. The van der Waals surface area contributed by atoms with Gasteiger partial charge in [0.25, 0.3) is 5.22 Å². The number of ether oxygens (including phenoxy) is 1. The highest BCUT2D eigenvalue weighted by Crippen LogP contribution is 2.20. The fourth-order valence-corrected chi connectivity index (χ4v) is 2.65. The summed E-state index contributed by atoms with van der Waals surface area (Å²) in [6, 6.07) is 14.5. The Hall–Kier alpha value is -2.34. The molecule has 0 fully saturated rings. The van der Waals surface area contributed by atoms with E-state index in [9.17, 15) is 4.21 Å². The Morgan fingerprint density at radius 3 is 2.81 bits per heavy atom. The first-order chi connectivity index (χ1) is 10.2. The van der Waals surface area contributed by atoms with Crippen LogP contribution in [0.1, 0.15) is 0 Å². The van der Waals surface area contributed by atoms with Crippen LogP contribution in [0, 0.1) is 0 Å². The van der Waals surface area contributed by atoms with Crippen molar-refractivity contribution in [2.24, 2.45) is 0 Å². The Morgan fingerprint density at radius 1 is 1.19 bits per heavy atom. The fourth-order valence-electron chi connectivity index (χ4n) is 1.86. The molecule has 1 aromatic heterocycles. The van der Waals surface area contributed by atoms with E-state index in [-0.39, 0.29) is 5.22 Å². The van der Waals surface area contributed by atoms with E-state index in [1.807, 2.05) is 30.3 Å². The molecule has 0 aliphatic rings. The van der Waals surface area contributed by atoms with Gasteiger partial charge in [0.1, 0.15) is 28.7 Å². The van der Waals surface area contributed by atoms with Crippen molar-refractivity contribution in [1.29, 1.82) is 0 Å². The summed E-state index contributed by atoms with van der Waals surface area (Å²) >= 11 is 0. The van der Waals surface area contributed by atoms with Gasteiger partial charge in [-0.3, -0.25) is 0 Å². The van der Waals surface area contributed by atoms with Gasteiger partial charge in [-0.1, -0.05) is 18.2 Å². The maximum absolute atomic E-state index is 12.1. The van der Waals surface area contributed by atoms with Gasteiger partial charge < -0.3 is 14.9 Å². The van der Waals surface area contributed by atoms with Gasteiger partial charge in [-0.25, -0.2) is 9.19 Å². The minimum absolute atomic E-state index is 0.201.